The number of pyridine rings is 1. The van der Waals surface area contributed by atoms with E-state index in [0.29, 0.717) is 5.46 Å². The van der Waals surface area contributed by atoms with Gasteiger partial charge < -0.3 is 10.0 Å². The summed E-state index contributed by atoms with van der Waals surface area (Å²) in [4.78, 5) is 0. The molecule has 0 saturated carbocycles. The Morgan fingerprint density at radius 2 is 1.58 bits per heavy atom. The van der Waals surface area contributed by atoms with Gasteiger partial charge in [-0.25, -0.2) is 4.57 Å². The molecule has 4 heteroatoms. The van der Waals surface area contributed by atoms with Crippen molar-refractivity contribution in [2.45, 2.75) is 25.8 Å². The van der Waals surface area contributed by atoms with Gasteiger partial charge in [0.2, 0.25) is 0 Å². The molecule has 2 rings (SSSR count). The Hall–Kier alpha value is -1.65. The molecule has 0 fully saturated rings. The van der Waals surface area contributed by atoms with E-state index in [1.807, 2.05) is 18.5 Å². The lowest BCUT2D eigenvalue weighted by molar-refractivity contribution is -0.697. The second kappa shape index (κ2) is 7.07. The first-order chi connectivity index (χ1) is 9.25. The largest absolute Gasteiger partial charge is 0.488 e. The number of rotatable bonds is 6. The number of hydrogen-bond acceptors (Lipinski definition) is 2. The van der Waals surface area contributed by atoms with E-state index in [0.717, 1.165) is 25.8 Å². The highest BCUT2D eigenvalue weighted by Gasteiger charge is 2.11. The van der Waals surface area contributed by atoms with Gasteiger partial charge in [0.1, 0.15) is 6.54 Å². The van der Waals surface area contributed by atoms with Crippen LogP contribution in [0, 0.1) is 0 Å². The Morgan fingerprint density at radius 1 is 0.895 bits per heavy atom. The average molecular weight is 256 g/mol. The van der Waals surface area contributed by atoms with Gasteiger partial charge in [0.05, 0.1) is 0 Å². The molecule has 98 valence electrons. The number of aromatic nitrogens is 1. The fraction of sp³-hybridized carbons (Fsp3) is 0.267. The van der Waals surface area contributed by atoms with Crippen LogP contribution in [-0.4, -0.2) is 17.2 Å². The fourth-order valence-corrected chi connectivity index (χ4v) is 2.06. The summed E-state index contributed by atoms with van der Waals surface area (Å²) in [5, 5.41) is 18.0. The molecule has 19 heavy (non-hydrogen) atoms. The molecule has 0 bridgehead atoms. The van der Waals surface area contributed by atoms with Gasteiger partial charge in [-0.2, -0.15) is 0 Å². The van der Waals surface area contributed by atoms with E-state index >= 15 is 0 Å². The van der Waals surface area contributed by atoms with Crippen LogP contribution in [0.2, 0.25) is 0 Å². The van der Waals surface area contributed by atoms with E-state index in [1.54, 1.807) is 12.1 Å². The molecule has 1 aromatic heterocycles. The Bertz CT molecular complexity index is 485. The van der Waals surface area contributed by atoms with Crippen molar-refractivity contribution in [2.75, 3.05) is 0 Å². The second-order valence-electron chi connectivity index (χ2n) is 4.69. The van der Waals surface area contributed by atoms with Gasteiger partial charge in [0, 0.05) is 18.6 Å². The number of hydrogen-bond donors (Lipinski definition) is 2. The molecule has 0 radical (unpaired) electrons. The van der Waals surface area contributed by atoms with E-state index in [4.69, 9.17) is 10.0 Å². The molecule has 1 heterocycles. The standard InChI is InChI=1S/C15H19BNO2/c18-16(19)15-9-12-17(13-10-15)11-5-4-8-14-6-2-1-3-7-14/h1-3,6-7,9-10,12-13,18-19H,4-5,8,11H2/q+1. The maximum Gasteiger partial charge on any atom is 0.488 e. The third kappa shape index (κ3) is 4.50. The molecule has 0 unspecified atom stereocenters. The zero-order chi connectivity index (χ0) is 13.5. The Kier molecular flexibility index (Phi) is 5.13. The van der Waals surface area contributed by atoms with Gasteiger partial charge in [-0.15, -0.1) is 0 Å². The number of unbranched alkanes of at least 4 members (excludes halogenated alkanes) is 1. The van der Waals surface area contributed by atoms with Crippen molar-refractivity contribution in [1.82, 2.24) is 0 Å². The average Bonchev–Trinajstić information content (AvgIpc) is 2.45. The third-order valence-electron chi connectivity index (χ3n) is 3.19. The van der Waals surface area contributed by atoms with E-state index < -0.39 is 7.12 Å². The van der Waals surface area contributed by atoms with Crippen LogP contribution in [0.5, 0.6) is 0 Å². The first-order valence-electron chi connectivity index (χ1n) is 6.65. The smallest absolute Gasteiger partial charge is 0.423 e. The van der Waals surface area contributed by atoms with Crippen molar-refractivity contribution in [3.8, 4) is 0 Å². The molecule has 0 saturated heterocycles. The zero-order valence-electron chi connectivity index (χ0n) is 10.9. The predicted molar refractivity (Wildman–Crippen MR) is 75.8 cm³/mol. The summed E-state index contributed by atoms with van der Waals surface area (Å²) in [7, 11) is -1.38. The van der Waals surface area contributed by atoms with Crippen molar-refractivity contribution in [3.63, 3.8) is 0 Å². The van der Waals surface area contributed by atoms with E-state index in [2.05, 4.69) is 28.8 Å². The van der Waals surface area contributed by atoms with Gasteiger partial charge in [0.15, 0.2) is 12.4 Å². The summed E-state index contributed by atoms with van der Waals surface area (Å²) >= 11 is 0. The molecule has 0 aliphatic carbocycles. The van der Waals surface area contributed by atoms with Gasteiger partial charge in [-0.1, -0.05) is 30.3 Å². The second-order valence-corrected chi connectivity index (χ2v) is 4.69. The summed E-state index contributed by atoms with van der Waals surface area (Å²) < 4.78 is 2.07. The monoisotopic (exact) mass is 256 g/mol. The lowest BCUT2D eigenvalue weighted by atomic mass is 9.81. The fourth-order valence-electron chi connectivity index (χ4n) is 2.06. The van der Waals surface area contributed by atoms with Crippen LogP contribution in [0.25, 0.3) is 0 Å². The van der Waals surface area contributed by atoms with Gasteiger partial charge in [-0.05, 0) is 23.9 Å². The van der Waals surface area contributed by atoms with Gasteiger partial charge in [0.25, 0.3) is 0 Å². The SMILES string of the molecule is OB(O)c1cc[n+](CCCCc2ccccc2)cc1. The highest BCUT2D eigenvalue weighted by atomic mass is 16.4. The van der Waals surface area contributed by atoms with Crippen LogP contribution in [0.4, 0.5) is 0 Å². The third-order valence-corrected chi connectivity index (χ3v) is 3.19. The predicted octanol–water partition coefficient (Wildman–Crippen LogP) is 0.677. The molecule has 3 nitrogen and oxygen atoms in total. The topological polar surface area (TPSA) is 44.3 Å². The summed E-state index contributed by atoms with van der Waals surface area (Å²) in [5.74, 6) is 0. The summed E-state index contributed by atoms with van der Waals surface area (Å²) in [6.07, 6.45) is 7.14. The lowest BCUT2D eigenvalue weighted by Crippen LogP contribution is -2.38. The minimum atomic E-state index is -1.38. The van der Waals surface area contributed by atoms with Crippen molar-refractivity contribution < 1.29 is 14.6 Å². The molecule has 2 N–H and O–H groups in total. The maximum atomic E-state index is 9.00. The van der Waals surface area contributed by atoms with Crippen LogP contribution >= 0.6 is 0 Å². The van der Waals surface area contributed by atoms with Crippen molar-refractivity contribution in [3.05, 3.63) is 60.4 Å². The minimum absolute atomic E-state index is 0.528. The normalized spacial score (nSPS) is 10.4. The molecular weight excluding hydrogens is 237 g/mol. The van der Waals surface area contributed by atoms with E-state index in [1.165, 1.54) is 5.56 Å². The van der Waals surface area contributed by atoms with Crippen LogP contribution in [0.3, 0.4) is 0 Å². The maximum absolute atomic E-state index is 9.00. The van der Waals surface area contributed by atoms with Gasteiger partial charge >= 0.3 is 7.12 Å². The number of benzene rings is 1. The van der Waals surface area contributed by atoms with Crippen LogP contribution < -0.4 is 10.0 Å². The van der Waals surface area contributed by atoms with Crippen molar-refractivity contribution >= 4 is 12.6 Å². The molecular formula is C15H19BNO2+. The summed E-state index contributed by atoms with van der Waals surface area (Å²) in [6.45, 7) is 0.953. The highest BCUT2D eigenvalue weighted by molar-refractivity contribution is 6.58. The van der Waals surface area contributed by atoms with Crippen molar-refractivity contribution in [1.29, 1.82) is 0 Å². The van der Waals surface area contributed by atoms with E-state index in [9.17, 15) is 0 Å². The summed E-state index contributed by atoms with van der Waals surface area (Å²) in [5.41, 5.74) is 1.91. The summed E-state index contributed by atoms with van der Waals surface area (Å²) in [6, 6.07) is 14.0. The molecule has 0 aliphatic rings. The van der Waals surface area contributed by atoms with Gasteiger partial charge in [-0.3, -0.25) is 0 Å². The molecule has 2 aromatic rings. The van der Waals surface area contributed by atoms with E-state index in [-0.39, 0.29) is 0 Å². The van der Waals surface area contributed by atoms with Crippen LogP contribution in [0.15, 0.2) is 54.9 Å². The molecule has 1 aromatic carbocycles. The Balaban J connectivity index is 1.74. The highest BCUT2D eigenvalue weighted by Crippen LogP contribution is 2.04. The quantitative estimate of drug-likeness (QED) is 0.453. The van der Waals surface area contributed by atoms with Crippen LogP contribution in [-0.2, 0) is 13.0 Å². The molecule has 0 spiro atoms. The number of nitrogens with zero attached hydrogens (tertiary/aromatic N) is 1. The first-order valence-corrected chi connectivity index (χ1v) is 6.65. The molecule has 0 aliphatic heterocycles. The number of aryl methyl sites for hydroxylation is 2. The Morgan fingerprint density at radius 3 is 2.21 bits per heavy atom. The Labute approximate surface area is 114 Å². The minimum Gasteiger partial charge on any atom is -0.423 e. The first kappa shape index (κ1) is 13.8. The molecule has 0 atom stereocenters. The van der Waals surface area contributed by atoms with Crippen molar-refractivity contribution in [2.24, 2.45) is 0 Å². The lowest BCUT2D eigenvalue weighted by Gasteiger charge is -2.01. The van der Waals surface area contributed by atoms with Crippen LogP contribution in [0.1, 0.15) is 18.4 Å². The molecule has 0 amide bonds. The zero-order valence-corrected chi connectivity index (χ0v) is 10.9.